The Kier molecular flexibility index (Phi) is 5.73. The van der Waals surface area contributed by atoms with Crippen LogP contribution in [0.1, 0.15) is 16.1 Å². The molecule has 3 aromatic rings. The summed E-state index contributed by atoms with van der Waals surface area (Å²) >= 11 is 0. The van der Waals surface area contributed by atoms with E-state index in [0.29, 0.717) is 29.4 Å². The molecule has 2 aromatic carbocycles. The van der Waals surface area contributed by atoms with Crippen molar-refractivity contribution in [3.63, 3.8) is 0 Å². The molecule has 9 heteroatoms. The van der Waals surface area contributed by atoms with Crippen molar-refractivity contribution in [3.8, 4) is 11.5 Å². The van der Waals surface area contributed by atoms with Crippen molar-refractivity contribution >= 4 is 15.9 Å². The first-order chi connectivity index (χ1) is 14.5. The quantitative estimate of drug-likeness (QED) is 0.598. The van der Waals surface area contributed by atoms with Gasteiger partial charge in [-0.2, -0.15) is 0 Å². The Balaban J connectivity index is 1.32. The van der Waals surface area contributed by atoms with Crippen molar-refractivity contribution in [3.05, 3.63) is 78.3 Å². The number of nitrogens with one attached hydrogen (secondary N) is 2. The topological polar surface area (TPSA) is 107 Å². The molecule has 8 nitrogen and oxygen atoms in total. The monoisotopic (exact) mass is 428 g/mol. The zero-order valence-electron chi connectivity index (χ0n) is 15.9. The molecule has 4 rings (SSSR count). The predicted octanol–water partition coefficient (Wildman–Crippen LogP) is 2.33. The number of rotatable bonds is 7. The molecule has 2 heterocycles. The smallest absolute Gasteiger partial charge is 0.251 e. The molecule has 1 amide bonds. The zero-order valence-corrected chi connectivity index (χ0v) is 16.7. The first-order valence-corrected chi connectivity index (χ1v) is 10.8. The molecule has 0 spiro atoms. The van der Waals surface area contributed by atoms with Gasteiger partial charge in [0.05, 0.1) is 24.2 Å². The number of sulfonamides is 1. The first kappa shape index (κ1) is 20.0. The van der Waals surface area contributed by atoms with E-state index in [0.717, 1.165) is 0 Å². The summed E-state index contributed by atoms with van der Waals surface area (Å²) in [6.07, 6.45) is 1.16. The second kappa shape index (κ2) is 8.60. The summed E-state index contributed by atoms with van der Waals surface area (Å²) in [5.74, 6) is 1.49. The van der Waals surface area contributed by atoms with Crippen LogP contribution in [0.5, 0.6) is 11.5 Å². The number of carbonyl (C=O) groups is 1. The van der Waals surface area contributed by atoms with Crippen molar-refractivity contribution in [2.24, 2.45) is 0 Å². The molecule has 1 aliphatic rings. The molecule has 0 saturated heterocycles. The highest BCUT2D eigenvalue weighted by Gasteiger charge is 2.21. The van der Waals surface area contributed by atoms with Crippen molar-refractivity contribution in [2.75, 3.05) is 13.2 Å². The number of ether oxygens (including phenoxy) is 2. The second-order valence-electron chi connectivity index (χ2n) is 6.64. The highest BCUT2D eigenvalue weighted by atomic mass is 32.2. The summed E-state index contributed by atoms with van der Waals surface area (Å²) in [5, 5.41) is 2.78. The number of amides is 1. The lowest BCUT2D eigenvalue weighted by Gasteiger charge is -2.26. The summed E-state index contributed by atoms with van der Waals surface area (Å²) < 4.78 is 43.7. The van der Waals surface area contributed by atoms with E-state index < -0.39 is 10.0 Å². The number of fused-ring (bicyclic) bond motifs is 1. The minimum atomic E-state index is -3.71. The van der Waals surface area contributed by atoms with E-state index in [2.05, 4.69) is 10.0 Å². The van der Waals surface area contributed by atoms with E-state index in [1.54, 1.807) is 12.1 Å². The molecule has 0 saturated carbocycles. The molecular formula is C21H20N2O6S. The molecule has 1 aliphatic heterocycles. The van der Waals surface area contributed by atoms with E-state index in [1.807, 2.05) is 24.3 Å². The van der Waals surface area contributed by atoms with E-state index in [4.69, 9.17) is 13.9 Å². The molecule has 0 fully saturated rings. The Morgan fingerprint density at radius 3 is 2.50 bits per heavy atom. The van der Waals surface area contributed by atoms with Crippen LogP contribution in [0, 0.1) is 0 Å². The van der Waals surface area contributed by atoms with Gasteiger partial charge < -0.3 is 19.2 Å². The molecule has 1 atom stereocenters. The van der Waals surface area contributed by atoms with Crippen LogP contribution in [0.3, 0.4) is 0 Å². The summed E-state index contributed by atoms with van der Waals surface area (Å²) in [6, 6.07) is 16.4. The number of furan rings is 1. The van der Waals surface area contributed by atoms with Crippen LogP contribution in [0.4, 0.5) is 0 Å². The van der Waals surface area contributed by atoms with E-state index in [1.165, 1.54) is 30.5 Å². The third-order valence-electron chi connectivity index (χ3n) is 4.50. The average Bonchev–Trinajstić information content (AvgIpc) is 3.30. The number of carbonyl (C=O) groups excluding carboxylic acids is 1. The van der Waals surface area contributed by atoms with Gasteiger partial charge in [-0.25, -0.2) is 13.1 Å². The molecule has 0 radical (unpaired) electrons. The van der Waals surface area contributed by atoms with E-state index in [-0.39, 0.29) is 30.0 Å². The van der Waals surface area contributed by atoms with E-state index >= 15 is 0 Å². The first-order valence-electron chi connectivity index (χ1n) is 9.30. The summed E-state index contributed by atoms with van der Waals surface area (Å²) in [6.45, 7) is 0.637. The molecule has 156 valence electrons. The Morgan fingerprint density at radius 1 is 1.00 bits per heavy atom. The number of hydrogen-bond acceptors (Lipinski definition) is 6. The van der Waals surface area contributed by atoms with Crippen LogP contribution in [0.25, 0.3) is 0 Å². The van der Waals surface area contributed by atoms with Gasteiger partial charge in [-0.05, 0) is 48.5 Å². The standard InChI is InChI=1S/C21H20N2O6S/c24-21(22-12-17-14-28-19-5-1-2-6-20(19)29-17)15-7-9-18(10-8-15)30(25,26)23-13-16-4-3-11-27-16/h1-11,17,23H,12-14H2,(H,22,24)/t17-/m0/s1. The van der Waals surface area contributed by atoms with Gasteiger partial charge in [0.1, 0.15) is 18.5 Å². The molecule has 0 unspecified atom stereocenters. The Bertz CT molecular complexity index is 1110. The Morgan fingerprint density at radius 2 is 1.77 bits per heavy atom. The van der Waals surface area contributed by atoms with Crippen molar-refractivity contribution < 1.29 is 27.1 Å². The number of benzene rings is 2. The van der Waals surface area contributed by atoms with Crippen LogP contribution < -0.4 is 19.5 Å². The second-order valence-corrected chi connectivity index (χ2v) is 8.40. The highest BCUT2D eigenvalue weighted by molar-refractivity contribution is 7.89. The van der Waals surface area contributed by atoms with Gasteiger partial charge >= 0.3 is 0 Å². The summed E-state index contributed by atoms with van der Waals surface area (Å²) in [4.78, 5) is 12.5. The normalized spacial score (nSPS) is 15.5. The minimum absolute atomic E-state index is 0.0458. The lowest BCUT2D eigenvalue weighted by atomic mass is 10.2. The van der Waals surface area contributed by atoms with Crippen LogP contribution >= 0.6 is 0 Å². The third kappa shape index (κ3) is 4.64. The van der Waals surface area contributed by atoms with Gasteiger partial charge in [0, 0.05) is 5.56 Å². The molecule has 2 N–H and O–H groups in total. The lowest BCUT2D eigenvalue weighted by molar-refractivity contribution is 0.0789. The van der Waals surface area contributed by atoms with Gasteiger partial charge in [0.25, 0.3) is 5.91 Å². The SMILES string of the molecule is O=C(NC[C@H]1COc2ccccc2O1)c1ccc(S(=O)(=O)NCc2ccco2)cc1. The minimum Gasteiger partial charge on any atom is -0.486 e. The van der Waals surface area contributed by atoms with Gasteiger partial charge in [0.15, 0.2) is 11.5 Å². The molecule has 1 aromatic heterocycles. The zero-order chi connectivity index (χ0) is 21.0. The Hall–Kier alpha value is -3.30. The van der Waals surface area contributed by atoms with Crippen molar-refractivity contribution in [2.45, 2.75) is 17.5 Å². The van der Waals surface area contributed by atoms with Gasteiger partial charge in [-0.3, -0.25) is 4.79 Å². The predicted molar refractivity (Wildman–Crippen MR) is 108 cm³/mol. The number of hydrogen-bond donors (Lipinski definition) is 2. The maximum Gasteiger partial charge on any atom is 0.251 e. The van der Waals surface area contributed by atoms with Crippen LogP contribution in [-0.4, -0.2) is 33.6 Å². The molecular weight excluding hydrogens is 408 g/mol. The molecule has 0 aliphatic carbocycles. The fourth-order valence-electron chi connectivity index (χ4n) is 2.92. The van der Waals surface area contributed by atoms with Gasteiger partial charge in [0.2, 0.25) is 10.0 Å². The Labute approximate surface area is 173 Å². The largest absolute Gasteiger partial charge is 0.486 e. The molecule has 0 bridgehead atoms. The van der Waals surface area contributed by atoms with E-state index in [9.17, 15) is 13.2 Å². The maximum atomic E-state index is 12.4. The van der Waals surface area contributed by atoms with Crippen molar-refractivity contribution in [1.29, 1.82) is 0 Å². The summed E-state index contributed by atoms with van der Waals surface area (Å²) in [7, 11) is -3.71. The van der Waals surface area contributed by atoms with Crippen LogP contribution in [0.15, 0.2) is 76.2 Å². The van der Waals surface area contributed by atoms with Gasteiger partial charge in [-0.1, -0.05) is 12.1 Å². The van der Waals surface area contributed by atoms with Crippen molar-refractivity contribution in [1.82, 2.24) is 10.0 Å². The molecule has 30 heavy (non-hydrogen) atoms. The number of para-hydroxylation sites is 2. The maximum absolute atomic E-state index is 12.4. The third-order valence-corrected chi connectivity index (χ3v) is 5.92. The van der Waals surface area contributed by atoms with Crippen LogP contribution in [0.2, 0.25) is 0 Å². The van der Waals surface area contributed by atoms with Crippen LogP contribution in [-0.2, 0) is 16.6 Å². The highest BCUT2D eigenvalue weighted by Crippen LogP contribution is 2.30. The average molecular weight is 428 g/mol. The summed E-state index contributed by atoms with van der Waals surface area (Å²) in [5.41, 5.74) is 0.345. The van der Waals surface area contributed by atoms with Gasteiger partial charge in [-0.15, -0.1) is 0 Å². The fraction of sp³-hybridized carbons (Fsp3) is 0.190. The fourth-order valence-corrected chi connectivity index (χ4v) is 3.91. The lowest BCUT2D eigenvalue weighted by Crippen LogP contribution is -2.40.